The highest BCUT2D eigenvalue weighted by Crippen LogP contribution is 2.34. The standard InChI is InChI=1S/C20H11ClN4O4S/c21-11-5-3-4-10(8-11)17-22-20-25(23-17)19(29)16(30-20)15-12-6-1-2-7-13(12)24(18(15)28)9-14(26)27/h1-8H,9H2,(H,26,27)/p-1. The molecule has 148 valence electrons. The summed E-state index contributed by atoms with van der Waals surface area (Å²) in [5.41, 5.74) is 1.21. The van der Waals surface area contributed by atoms with E-state index in [-0.39, 0.29) is 10.1 Å². The lowest BCUT2D eigenvalue weighted by molar-refractivity contribution is -0.303. The maximum absolute atomic E-state index is 13.0. The summed E-state index contributed by atoms with van der Waals surface area (Å²) in [4.78, 5) is 42.9. The van der Waals surface area contributed by atoms with Gasteiger partial charge >= 0.3 is 0 Å². The van der Waals surface area contributed by atoms with E-state index in [1.807, 2.05) is 0 Å². The Labute approximate surface area is 177 Å². The molecule has 0 saturated carbocycles. The van der Waals surface area contributed by atoms with Crippen molar-refractivity contribution in [2.75, 3.05) is 11.4 Å². The van der Waals surface area contributed by atoms with Crippen LogP contribution in [-0.2, 0) is 9.59 Å². The zero-order valence-electron chi connectivity index (χ0n) is 15.0. The molecule has 30 heavy (non-hydrogen) atoms. The lowest BCUT2D eigenvalue weighted by atomic mass is 10.1. The van der Waals surface area contributed by atoms with Crippen LogP contribution in [0.1, 0.15) is 5.56 Å². The van der Waals surface area contributed by atoms with Gasteiger partial charge in [0.2, 0.25) is 4.96 Å². The number of carboxylic acids is 1. The molecule has 0 spiro atoms. The number of rotatable bonds is 3. The molecule has 8 nitrogen and oxygen atoms in total. The first-order valence-electron chi connectivity index (χ1n) is 8.75. The van der Waals surface area contributed by atoms with Crippen molar-refractivity contribution < 1.29 is 14.7 Å². The molecule has 0 N–H and O–H groups in total. The van der Waals surface area contributed by atoms with Gasteiger partial charge in [0.05, 0.1) is 23.8 Å². The predicted octanol–water partition coefficient (Wildman–Crippen LogP) is 0.486. The van der Waals surface area contributed by atoms with Gasteiger partial charge in [0, 0.05) is 16.1 Å². The lowest BCUT2D eigenvalue weighted by Crippen LogP contribution is -2.40. The molecule has 1 amide bonds. The molecule has 10 heteroatoms. The van der Waals surface area contributed by atoms with E-state index >= 15 is 0 Å². The quantitative estimate of drug-likeness (QED) is 0.461. The molecular formula is C20H10ClN4O4S-. The van der Waals surface area contributed by atoms with Gasteiger partial charge in [-0.05, 0) is 18.2 Å². The third kappa shape index (κ3) is 2.78. The number of hydrogen-bond donors (Lipinski definition) is 0. The molecular weight excluding hydrogens is 428 g/mol. The highest BCUT2D eigenvalue weighted by molar-refractivity contribution is 7.15. The second kappa shape index (κ2) is 6.75. The number of carboxylic acid groups (broad SMARTS) is 1. The average molecular weight is 438 g/mol. The van der Waals surface area contributed by atoms with Crippen LogP contribution < -0.4 is 20.1 Å². The van der Waals surface area contributed by atoms with E-state index in [1.165, 1.54) is 0 Å². The summed E-state index contributed by atoms with van der Waals surface area (Å²) in [5, 5.41) is 15.9. The largest absolute Gasteiger partial charge is 0.548 e. The van der Waals surface area contributed by atoms with Crippen LogP contribution in [0.15, 0.2) is 53.3 Å². The minimum Gasteiger partial charge on any atom is -0.548 e. The Kier molecular flexibility index (Phi) is 4.16. The van der Waals surface area contributed by atoms with Crippen LogP contribution in [0.2, 0.25) is 5.02 Å². The van der Waals surface area contributed by atoms with Gasteiger partial charge in [0.15, 0.2) is 5.82 Å². The zero-order chi connectivity index (χ0) is 21.0. The molecule has 2 aromatic carbocycles. The van der Waals surface area contributed by atoms with Crippen LogP contribution in [0.5, 0.6) is 0 Å². The number of benzene rings is 2. The van der Waals surface area contributed by atoms with E-state index < -0.39 is 24.0 Å². The minimum atomic E-state index is -1.39. The van der Waals surface area contributed by atoms with Crippen LogP contribution in [0.3, 0.4) is 0 Å². The summed E-state index contributed by atoms with van der Waals surface area (Å²) in [6.07, 6.45) is 0. The number of para-hydroxylation sites is 1. The van der Waals surface area contributed by atoms with Crippen LogP contribution in [0.25, 0.3) is 21.9 Å². The van der Waals surface area contributed by atoms with E-state index in [0.29, 0.717) is 32.6 Å². The third-order valence-corrected chi connectivity index (χ3v) is 5.94. The molecule has 0 atom stereocenters. The fraction of sp³-hybridized carbons (Fsp3) is 0.0500. The first-order valence-corrected chi connectivity index (χ1v) is 9.94. The number of fused-ring (bicyclic) bond motifs is 2. The fourth-order valence-electron chi connectivity index (χ4n) is 3.42. The Morgan fingerprint density at radius 3 is 2.67 bits per heavy atom. The van der Waals surface area contributed by atoms with Gasteiger partial charge in [-0.2, -0.15) is 9.50 Å². The molecule has 4 aromatic rings. The molecule has 0 radical (unpaired) electrons. The molecule has 3 heterocycles. The van der Waals surface area contributed by atoms with E-state index in [0.717, 1.165) is 20.8 Å². The molecule has 1 aliphatic rings. The van der Waals surface area contributed by atoms with Crippen molar-refractivity contribution in [3.8, 4) is 11.4 Å². The fourth-order valence-corrected chi connectivity index (χ4v) is 4.61. The Morgan fingerprint density at radius 1 is 1.13 bits per heavy atom. The second-order valence-electron chi connectivity index (χ2n) is 6.53. The number of anilines is 1. The van der Waals surface area contributed by atoms with Crippen molar-refractivity contribution in [1.82, 2.24) is 14.6 Å². The normalized spacial score (nSPS) is 15.1. The molecule has 5 rings (SSSR count). The SMILES string of the molecule is O=C([O-])CN1C(=O)C(=c2sc3nc(-c4cccc(Cl)c4)nn3c2=O)c2ccccc21. The van der Waals surface area contributed by atoms with Crippen LogP contribution in [0, 0.1) is 0 Å². The van der Waals surface area contributed by atoms with Crippen molar-refractivity contribution in [2.45, 2.75) is 0 Å². The molecule has 0 unspecified atom stereocenters. The summed E-state index contributed by atoms with van der Waals surface area (Å²) in [6, 6.07) is 13.6. The molecule has 0 aliphatic carbocycles. The smallest absolute Gasteiger partial charge is 0.291 e. The summed E-state index contributed by atoms with van der Waals surface area (Å²) in [7, 11) is 0. The Bertz CT molecular complexity index is 1480. The predicted molar refractivity (Wildman–Crippen MR) is 109 cm³/mol. The second-order valence-corrected chi connectivity index (χ2v) is 7.95. The number of amides is 1. The molecule has 1 aliphatic heterocycles. The zero-order valence-corrected chi connectivity index (χ0v) is 16.6. The Hall–Kier alpha value is -3.56. The topological polar surface area (TPSA) is 108 Å². The minimum absolute atomic E-state index is 0.137. The summed E-state index contributed by atoms with van der Waals surface area (Å²) >= 11 is 7.04. The first-order chi connectivity index (χ1) is 14.4. The average Bonchev–Trinajstić information content (AvgIpc) is 3.34. The van der Waals surface area contributed by atoms with Crippen molar-refractivity contribution in [1.29, 1.82) is 0 Å². The molecule has 0 fully saturated rings. The van der Waals surface area contributed by atoms with Crippen molar-refractivity contribution in [3.05, 3.63) is 74.0 Å². The summed E-state index contributed by atoms with van der Waals surface area (Å²) in [6.45, 7) is -0.604. The van der Waals surface area contributed by atoms with Gasteiger partial charge in [0.25, 0.3) is 11.5 Å². The number of nitrogens with zero attached hydrogens (tertiary/aromatic N) is 4. The third-order valence-electron chi connectivity index (χ3n) is 4.68. The van der Waals surface area contributed by atoms with Crippen molar-refractivity contribution in [2.24, 2.45) is 0 Å². The van der Waals surface area contributed by atoms with Crippen LogP contribution >= 0.6 is 22.9 Å². The number of halogens is 1. The van der Waals surface area contributed by atoms with Crippen molar-refractivity contribution in [3.63, 3.8) is 0 Å². The molecule has 2 aromatic heterocycles. The highest BCUT2D eigenvalue weighted by atomic mass is 35.5. The van der Waals surface area contributed by atoms with Gasteiger partial charge < -0.3 is 14.8 Å². The molecule has 0 saturated heterocycles. The van der Waals surface area contributed by atoms with E-state index in [4.69, 9.17) is 11.6 Å². The number of hydrogen-bond acceptors (Lipinski definition) is 7. The molecule has 0 bridgehead atoms. The number of carbonyl (C=O) groups excluding carboxylic acids is 2. The van der Waals surface area contributed by atoms with Crippen molar-refractivity contribution >= 4 is 51.0 Å². The van der Waals surface area contributed by atoms with Gasteiger partial charge in [-0.1, -0.05) is 53.3 Å². The van der Waals surface area contributed by atoms with Crippen LogP contribution in [-0.4, -0.2) is 33.0 Å². The summed E-state index contributed by atoms with van der Waals surface area (Å²) < 4.78 is 1.29. The number of carbonyl (C=O) groups is 2. The Balaban J connectivity index is 1.72. The maximum atomic E-state index is 13.0. The number of thiazole rings is 1. The number of aliphatic carboxylic acids is 1. The monoisotopic (exact) mass is 437 g/mol. The highest BCUT2D eigenvalue weighted by Gasteiger charge is 2.34. The van der Waals surface area contributed by atoms with Gasteiger partial charge in [-0.15, -0.1) is 5.10 Å². The summed E-state index contributed by atoms with van der Waals surface area (Å²) in [5.74, 6) is -1.62. The van der Waals surface area contributed by atoms with Gasteiger partial charge in [-0.3, -0.25) is 9.59 Å². The van der Waals surface area contributed by atoms with Gasteiger partial charge in [-0.25, -0.2) is 0 Å². The van der Waals surface area contributed by atoms with Gasteiger partial charge in [0.1, 0.15) is 4.53 Å². The maximum Gasteiger partial charge on any atom is 0.291 e. The number of aromatic nitrogens is 3. The van der Waals surface area contributed by atoms with E-state index in [2.05, 4.69) is 10.1 Å². The van der Waals surface area contributed by atoms with E-state index in [9.17, 15) is 19.5 Å². The Morgan fingerprint density at radius 2 is 1.93 bits per heavy atom. The van der Waals surface area contributed by atoms with Crippen LogP contribution in [0.4, 0.5) is 5.69 Å². The lowest BCUT2D eigenvalue weighted by Gasteiger charge is -2.17. The first kappa shape index (κ1) is 18.5. The van der Waals surface area contributed by atoms with E-state index in [1.54, 1.807) is 48.5 Å².